The molecular formula is C122H77N13O3. The number of hydrogen-bond acceptors (Lipinski definition) is 13. The molecule has 0 aliphatic heterocycles. The Balaban J connectivity index is 0.000000112. The van der Waals surface area contributed by atoms with E-state index in [-0.39, 0.29) is 0 Å². The molecule has 0 saturated heterocycles. The predicted octanol–water partition coefficient (Wildman–Crippen LogP) is 30.5. The number of rotatable bonds is 15. The van der Waals surface area contributed by atoms with Gasteiger partial charge in [0.15, 0.2) is 23.3 Å². The van der Waals surface area contributed by atoms with E-state index in [9.17, 15) is 0 Å². The first-order chi connectivity index (χ1) is 68.4. The van der Waals surface area contributed by atoms with Crippen molar-refractivity contribution in [2.75, 3.05) is 0 Å². The lowest BCUT2D eigenvalue weighted by molar-refractivity contribution is 0.635. The lowest BCUT2D eigenvalue weighted by atomic mass is 10.0. The van der Waals surface area contributed by atoms with Gasteiger partial charge in [0.05, 0.1) is 66.3 Å². The molecule has 27 rings (SSSR count). The third kappa shape index (κ3) is 15.1. The van der Waals surface area contributed by atoms with Crippen LogP contribution in [0.1, 0.15) is 0 Å². The highest BCUT2D eigenvalue weighted by Crippen LogP contribution is 2.46. The van der Waals surface area contributed by atoms with Crippen LogP contribution in [0.3, 0.4) is 0 Å². The fraction of sp³-hybridized carbons (Fsp3) is 0. The van der Waals surface area contributed by atoms with Crippen molar-refractivity contribution >= 4 is 98.3 Å². The van der Waals surface area contributed by atoms with Crippen LogP contribution >= 0.6 is 0 Å². The van der Waals surface area contributed by atoms with Gasteiger partial charge in [-0.15, -0.1) is 0 Å². The van der Waals surface area contributed by atoms with E-state index >= 15 is 0 Å². The van der Waals surface area contributed by atoms with Crippen LogP contribution in [0.2, 0.25) is 0 Å². The van der Waals surface area contributed by atoms with E-state index in [4.69, 9.17) is 38.2 Å². The van der Waals surface area contributed by atoms with Crippen LogP contribution < -0.4 is 0 Å². The zero-order valence-electron chi connectivity index (χ0n) is 74.0. The van der Waals surface area contributed by atoms with Crippen LogP contribution in [0.25, 0.3) is 251 Å². The monoisotopic (exact) mass is 1770 g/mol. The number of benzene rings is 14. The number of pyridine rings is 5. The second kappa shape index (κ2) is 34.9. The standard InChI is InChI=1S/C46H29N5O.C45H28N6O.C31H20N2O/c1-2-6-34(7-3-1)43-28-36-16-19-42-44(45(36)52-43)38-8-4-5-9-41(38)51(42)37-17-14-33(15-18-37)40-29-39(49-46(50-40)35-22-26-48-27-23-35)32-12-10-30(11-13-32)31-20-24-47-25-21-31;1-2-6-31(7-3-1)40-28-35-16-19-39-41(42(35)52-40)37-8-4-5-9-38(37)51(39)36-17-14-33(15-18-36)44-48-43(49-45(50-44)34-22-26-47-27-23-34)32-12-10-29(11-13-32)30-20-24-46-25-21-30;1-2-9-21(10-3-1)29-20-23-16-17-28-30(31(23)34-29)25-13-4-5-15-27(25)33(28)24-12-8-11-22(19-24)26-14-6-7-18-32-26/h1-29H;1-28H;1-20H. The number of fused-ring (bicyclic) bond motifs is 15. The highest BCUT2D eigenvalue weighted by molar-refractivity contribution is 6.23. The summed E-state index contributed by atoms with van der Waals surface area (Å²) in [5.74, 6) is 5.04. The van der Waals surface area contributed by atoms with E-state index in [1.54, 1.807) is 37.2 Å². The summed E-state index contributed by atoms with van der Waals surface area (Å²) in [4.78, 5) is 46.1. The van der Waals surface area contributed by atoms with Gasteiger partial charge in [-0.1, -0.05) is 224 Å². The van der Waals surface area contributed by atoms with Crippen LogP contribution in [0.15, 0.2) is 482 Å². The van der Waals surface area contributed by atoms with Crippen molar-refractivity contribution in [2.45, 2.75) is 0 Å². The highest BCUT2D eigenvalue weighted by Gasteiger charge is 2.25. The fourth-order valence-electron chi connectivity index (χ4n) is 19.0. The Kier molecular flexibility index (Phi) is 20.5. The lowest BCUT2D eigenvalue weighted by Crippen LogP contribution is -2.00. The molecule has 16 heteroatoms. The van der Waals surface area contributed by atoms with E-state index < -0.39 is 0 Å². The third-order valence-corrected chi connectivity index (χ3v) is 25.6. The van der Waals surface area contributed by atoms with E-state index in [2.05, 4.69) is 330 Å². The molecule has 16 nitrogen and oxygen atoms in total. The molecule has 0 radical (unpaired) electrons. The number of aromatic nitrogens is 13. The van der Waals surface area contributed by atoms with Gasteiger partial charge in [0.1, 0.15) is 34.0 Å². The molecule has 0 unspecified atom stereocenters. The molecule has 0 saturated carbocycles. The molecular weight excluding hydrogens is 1700 g/mol. The first kappa shape index (κ1) is 81.0. The summed E-state index contributed by atoms with van der Waals surface area (Å²) in [5, 5.41) is 10.1. The van der Waals surface area contributed by atoms with Crippen LogP contribution in [0.5, 0.6) is 0 Å². The Morgan fingerprint density at radius 2 is 0.478 bits per heavy atom. The van der Waals surface area contributed by atoms with Crippen LogP contribution in [0, 0.1) is 0 Å². The zero-order valence-corrected chi connectivity index (χ0v) is 74.0. The highest BCUT2D eigenvalue weighted by atomic mass is 16.3. The number of furan rings is 3. The largest absolute Gasteiger partial charge is 0.455 e. The summed E-state index contributed by atoms with van der Waals surface area (Å²) in [5.41, 5.74) is 29.5. The number of hydrogen-bond donors (Lipinski definition) is 0. The molecule has 0 bridgehead atoms. The molecule has 0 spiro atoms. The summed E-state index contributed by atoms with van der Waals surface area (Å²) in [6.45, 7) is 0. The van der Waals surface area contributed by atoms with Gasteiger partial charge in [0.25, 0.3) is 0 Å². The van der Waals surface area contributed by atoms with Crippen molar-refractivity contribution in [2.24, 2.45) is 0 Å². The van der Waals surface area contributed by atoms with E-state index in [0.29, 0.717) is 23.3 Å². The van der Waals surface area contributed by atoms with E-state index in [0.717, 1.165) is 222 Å². The van der Waals surface area contributed by atoms with Gasteiger partial charge in [-0.05, 0) is 210 Å². The minimum absolute atomic E-state index is 0.587. The van der Waals surface area contributed by atoms with E-state index in [1.807, 2.05) is 140 Å². The molecule has 0 N–H and O–H groups in total. The van der Waals surface area contributed by atoms with Crippen molar-refractivity contribution in [3.8, 4) is 153 Å². The lowest BCUT2D eigenvalue weighted by Gasteiger charge is -2.12. The second-order valence-corrected chi connectivity index (χ2v) is 33.8. The molecule has 13 heterocycles. The van der Waals surface area contributed by atoms with Crippen molar-refractivity contribution < 1.29 is 13.3 Å². The molecule has 138 heavy (non-hydrogen) atoms. The SMILES string of the molecule is c1ccc(-c2cc3ccc4c(c5ccccc5n4-c4ccc(-c5cc(-c6ccc(-c7ccncc7)cc6)nc(-c6ccncc6)n5)cc4)c3o2)cc1.c1ccc(-c2cc3ccc4c(c5ccccc5n4-c4ccc(-c5nc(-c6ccncc6)nc(-c6ccc(-c7ccncc7)cc6)n5)cc4)c3o2)cc1.c1ccc(-c2cc3ccc4c(c5ccccc5n4-c4cccc(-c5ccccn5)c4)c3o2)cc1. The van der Waals surface area contributed by atoms with Crippen LogP contribution in [0.4, 0.5) is 0 Å². The molecule has 648 valence electrons. The average molecular weight is 1770 g/mol. The maximum absolute atomic E-state index is 6.59. The Bertz CT molecular complexity index is 8800. The molecule has 27 aromatic rings. The van der Waals surface area contributed by atoms with Gasteiger partial charge >= 0.3 is 0 Å². The first-order valence-electron chi connectivity index (χ1n) is 45.6. The molecule has 0 amide bonds. The Labute approximate surface area is 790 Å². The summed E-state index contributed by atoms with van der Waals surface area (Å²) in [7, 11) is 0. The van der Waals surface area contributed by atoms with Gasteiger partial charge in [-0.25, -0.2) is 24.9 Å². The number of nitrogens with zero attached hydrogens (tertiary/aromatic N) is 13. The van der Waals surface area contributed by atoms with Gasteiger partial charge in [0, 0.05) is 161 Å². The van der Waals surface area contributed by atoms with Crippen molar-refractivity contribution in [1.82, 2.24) is 63.5 Å². The predicted molar refractivity (Wildman–Crippen MR) is 555 cm³/mol. The Morgan fingerprint density at radius 1 is 0.174 bits per heavy atom. The zero-order chi connectivity index (χ0) is 91.4. The smallest absolute Gasteiger partial charge is 0.164 e. The summed E-state index contributed by atoms with van der Waals surface area (Å²) in [6, 6.07) is 142. The second-order valence-electron chi connectivity index (χ2n) is 33.8. The third-order valence-electron chi connectivity index (χ3n) is 25.6. The van der Waals surface area contributed by atoms with Crippen molar-refractivity contribution in [1.29, 1.82) is 0 Å². The maximum Gasteiger partial charge on any atom is 0.164 e. The summed E-state index contributed by atoms with van der Waals surface area (Å²) in [6.07, 6.45) is 16.1. The maximum atomic E-state index is 6.59. The van der Waals surface area contributed by atoms with Crippen LogP contribution in [-0.2, 0) is 0 Å². The molecule has 14 aromatic carbocycles. The Morgan fingerprint density at radius 3 is 0.862 bits per heavy atom. The van der Waals surface area contributed by atoms with Gasteiger partial charge in [-0.2, -0.15) is 0 Å². The van der Waals surface area contributed by atoms with Gasteiger partial charge in [0.2, 0.25) is 0 Å². The molecule has 0 atom stereocenters. The fourth-order valence-corrected chi connectivity index (χ4v) is 19.0. The minimum atomic E-state index is 0.587. The van der Waals surface area contributed by atoms with Gasteiger partial charge < -0.3 is 27.0 Å². The normalized spacial score (nSPS) is 11.5. The van der Waals surface area contributed by atoms with E-state index in [1.165, 1.54) is 5.39 Å². The summed E-state index contributed by atoms with van der Waals surface area (Å²) < 4.78 is 26.6. The minimum Gasteiger partial charge on any atom is -0.455 e. The van der Waals surface area contributed by atoms with Crippen molar-refractivity contribution in [3.63, 3.8) is 0 Å². The average Bonchev–Trinajstić information content (AvgIpc) is 1.58. The first-order valence-corrected chi connectivity index (χ1v) is 45.6. The molecule has 0 aliphatic carbocycles. The van der Waals surface area contributed by atoms with Gasteiger partial charge in [-0.3, -0.25) is 24.9 Å². The summed E-state index contributed by atoms with van der Waals surface area (Å²) >= 11 is 0. The van der Waals surface area contributed by atoms with Crippen LogP contribution in [-0.4, -0.2) is 63.5 Å². The molecule has 0 aliphatic rings. The molecule has 13 aromatic heterocycles. The topological polar surface area (TPSA) is 183 Å². The molecule has 0 fully saturated rings. The number of para-hydroxylation sites is 3. The Hall–Kier alpha value is -19.1. The quantitative estimate of drug-likeness (QED) is 0.0946. The van der Waals surface area contributed by atoms with Crippen molar-refractivity contribution in [3.05, 3.63) is 468 Å².